The van der Waals surface area contributed by atoms with Crippen molar-refractivity contribution in [3.8, 4) is 0 Å². The van der Waals surface area contributed by atoms with Crippen LogP contribution in [0.5, 0.6) is 0 Å². The van der Waals surface area contributed by atoms with Gasteiger partial charge in [-0.3, -0.25) is 0 Å². The maximum atomic E-state index is 3.51. The molecule has 0 heterocycles. The van der Waals surface area contributed by atoms with Crippen molar-refractivity contribution in [3.63, 3.8) is 0 Å². The Kier molecular flexibility index (Phi) is 7.92. The van der Waals surface area contributed by atoms with Gasteiger partial charge in [-0.05, 0) is 25.4 Å². The molecule has 0 aromatic carbocycles. The minimum absolute atomic E-state index is 0.236. The first-order valence-corrected chi connectivity index (χ1v) is 7.15. The van der Waals surface area contributed by atoms with Crippen molar-refractivity contribution in [1.29, 1.82) is 0 Å². The molecule has 0 rings (SSSR count). The zero-order chi connectivity index (χ0) is 9.40. The third kappa shape index (κ3) is 10.2. The Balaban J connectivity index is 2.91. The number of nitrogens with one attached hydrogen (secondary N) is 1. The molecule has 0 saturated heterocycles. The number of rotatable bonds is 7. The molecule has 1 N–H and O–H groups in total. The molecule has 0 aromatic heterocycles. The first-order valence-electron chi connectivity index (χ1n) is 5.33. The highest BCUT2D eigenvalue weighted by molar-refractivity contribution is 6.37. The highest BCUT2D eigenvalue weighted by Gasteiger charge is 1.95. The summed E-state index contributed by atoms with van der Waals surface area (Å²) in [6.45, 7) is 11.7. The molecule has 0 aromatic rings. The summed E-state index contributed by atoms with van der Waals surface area (Å²) in [4.78, 5) is 0. The highest BCUT2D eigenvalue weighted by atomic mass is 28.2. The standard InChI is InChI=1S/C10H25NSi/c1-9(2)5-6-11-7-8-12-10(3)4/h9-11H,5-8,12H2,1-4H3. The minimum Gasteiger partial charge on any atom is -0.317 e. The van der Waals surface area contributed by atoms with Crippen LogP contribution in [0.1, 0.15) is 34.1 Å². The third-order valence-electron chi connectivity index (χ3n) is 2.03. The van der Waals surface area contributed by atoms with Crippen molar-refractivity contribution in [2.24, 2.45) is 5.92 Å². The average Bonchev–Trinajstić information content (AvgIpc) is 1.95. The fourth-order valence-corrected chi connectivity index (χ4v) is 2.42. The van der Waals surface area contributed by atoms with Gasteiger partial charge in [-0.15, -0.1) is 0 Å². The molecule has 0 bridgehead atoms. The van der Waals surface area contributed by atoms with E-state index in [0.29, 0.717) is 0 Å². The van der Waals surface area contributed by atoms with Crippen LogP contribution in [-0.2, 0) is 0 Å². The molecular formula is C10H25NSi. The molecule has 74 valence electrons. The molecule has 0 spiro atoms. The van der Waals surface area contributed by atoms with Gasteiger partial charge in [-0.1, -0.05) is 39.3 Å². The lowest BCUT2D eigenvalue weighted by Gasteiger charge is -2.07. The number of hydrogen-bond acceptors (Lipinski definition) is 1. The SMILES string of the molecule is CC(C)CCNCC[SiH2]C(C)C. The fourth-order valence-electron chi connectivity index (χ4n) is 1.15. The van der Waals surface area contributed by atoms with E-state index in [4.69, 9.17) is 0 Å². The van der Waals surface area contributed by atoms with Gasteiger partial charge in [0.2, 0.25) is 0 Å². The van der Waals surface area contributed by atoms with Crippen molar-refractivity contribution in [2.45, 2.75) is 45.7 Å². The van der Waals surface area contributed by atoms with Gasteiger partial charge in [-0.2, -0.15) is 0 Å². The normalized spacial score (nSPS) is 12.5. The summed E-state index contributed by atoms with van der Waals surface area (Å²) in [6, 6.07) is 1.47. The summed E-state index contributed by atoms with van der Waals surface area (Å²) in [5.74, 6) is 0.847. The van der Waals surface area contributed by atoms with Crippen LogP contribution in [0.4, 0.5) is 0 Å². The van der Waals surface area contributed by atoms with E-state index in [0.717, 1.165) is 11.5 Å². The van der Waals surface area contributed by atoms with E-state index in [1.807, 2.05) is 0 Å². The second-order valence-corrected chi connectivity index (χ2v) is 7.39. The molecule has 0 unspecified atom stereocenters. The largest absolute Gasteiger partial charge is 0.317 e. The second kappa shape index (κ2) is 7.81. The van der Waals surface area contributed by atoms with Crippen LogP contribution in [0.15, 0.2) is 0 Å². The Morgan fingerprint density at radius 3 is 2.25 bits per heavy atom. The van der Waals surface area contributed by atoms with Crippen molar-refractivity contribution in [3.05, 3.63) is 0 Å². The van der Waals surface area contributed by atoms with E-state index in [9.17, 15) is 0 Å². The Hall–Kier alpha value is 0.177. The summed E-state index contributed by atoms with van der Waals surface area (Å²) < 4.78 is 0. The monoisotopic (exact) mass is 187 g/mol. The predicted octanol–water partition coefficient (Wildman–Crippen LogP) is 2.04. The molecule has 0 aliphatic carbocycles. The van der Waals surface area contributed by atoms with Crippen LogP contribution in [0.2, 0.25) is 11.6 Å². The fraction of sp³-hybridized carbons (Fsp3) is 1.00. The van der Waals surface area contributed by atoms with E-state index < -0.39 is 0 Å². The molecule has 0 fully saturated rings. The lowest BCUT2D eigenvalue weighted by molar-refractivity contribution is 0.546. The van der Waals surface area contributed by atoms with Crippen LogP contribution >= 0.6 is 0 Å². The molecule has 0 radical (unpaired) electrons. The van der Waals surface area contributed by atoms with Crippen LogP contribution in [-0.4, -0.2) is 22.6 Å². The molecular weight excluding hydrogens is 162 g/mol. The predicted molar refractivity (Wildman–Crippen MR) is 60.8 cm³/mol. The van der Waals surface area contributed by atoms with Gasteiger partial charge in [0.15, 0.2) is 0 Å². The van der Waals surface area contributed by atoms with Gasteiger partial charge in [0.05, 0.1) is 0 Å². The Morgan fingerprint density at radius 1 is 1.08 bits per heavy atom. The molecule has 0 aliphatic rings. The number of hydrogen-bond donors (Lipinski definition) is 1. The van der Waals surface area contributed by atoms with Gasteiger partial charge in [0, 0.05) is 9.52 Å². The first kappa shape index (κ1) is 12.2. The van der Waals surface area contributed by atoms with Crippen molar-refractivity contribution < 1.29 is 0 Å². The van der Waals surface area contributed by atoms with E-state index in [2.05, 4.69) is 33.0 Å². The molecule has 0 saturated carbocycles. The second-order valence-electron chi connectivity index (χ2n) is 4.47. The Morgan fingerprint density at radius 2 is 1.75 bits per heavy atom. The van der Waals surface area contributed by atoms with Crippen molar-refractivity contribution in [1.82, 2.24) is 5.32 Å². The van der Waals surface area contributed by atoms with Gasteiger partial charge in [-0.25, -0.2) is 0 Å². The topological polar surface area (TPSA) is 12.0 Å². The van der Waals surface area contributed by atoms with Gasteiger partial charge in [0.25, 0.3) is 0 Å². The lowest BCUT2D eigenvalue weighted by atomic mass is 10.1. The molecule has 2 heteroatoms. The van der Waals surface area contributed by atoms with Crippen LogP contribution < -0.4 is 5.32 Å². The summed E-state index contributed by atoms with van der Waals surface area (Å²) >= 11 is 0. The van der Waals surface area contributed by atoms with Crippen LogP contribution in [0, 0.1) is 5.92 Å². The minimum atomic E-state index is 0.236. The third-order valence-corrected chi connectivity index (χ3v) is 3.95. The molecule has 0 aliphatic heterocycles. The van der Waals surface area contributed by atoms with Crippen molar-refractivity contribution >= 4 is 9.52 Å². The van der Waals surface area contributed by atoms with Crippen LogP contribution in [0.3, 0.4) is 0 Å². The molecule has 0 atom stereocenters. The van der Waals surface area contributed by atoms with E-state index >= 15 is 0 Å². The highest BCUT2D eigenvalue weighted by Crippen LogP contribution is 1.99. The zero-order valence-corrected chi connectivity index (χ0v) is 10.6. The molecule has 1 nitrogen and oxygen atoms in total. The van der Waals surface area contributed by atoms with Crippen LogP contribution in [0.25, 0.3) is 0 Å². The lowest BCUT2D eigenvalue weighted by Crippen LogP contribution is -2.19. The Labute approximate surface area is 80.1 Å². The maximum Gasteiger partial charge on any atom is 0.0238 e. The summed E-state index contributed by atoms with van der Waals surface area (Å²) in [6.07, 6.45) is 1.32. The smallest absolute Gasteiger partial charge is 0.0238 e. The summed E-state index contributed by atoms with van der Waals surface area (Å²) in [5, 5.41) is 3.51. The summed E-state index contributed by atoms with van der Waals surface area (Å²) in [5.41, 5.74) is 0.997. The first-order chi connectivity index (χ1) is 5.63. The maximum absolute atomic E-state index is 3.51. The molecule has 12 heavy (non-hydrogen) atoms. The van der Waals surface area contributed by atoms with E-state index in [1.165, 1.54) is 25.6 Å². The van der Waals surface area contributed by atoms with Crippen molar-refractivity contribution in [2.75, 3.05) is 13.1 Å². The van der Waals surface area contributed by atoms with Gasteiger partial charge < -0.3 is 5.32 Å². The molecule has 0 amide bonds. The van der Waals surface area contributed by atoms with Gasteiger partial charge in [0.1, 0.15) is 0 Å². The quantitative estimate of drug-likeness (QED) is 0.475. The Bertz CT molecular complexity index is 79.8. The summed E-state index contributed by atoms with van der Waals surface area (Å²) in [7, 11) is 0.236. The van der Waals surface area contributed by atoms with E-state index in [-0.39, 0.29) is 9.52 Å². The van der Waals surface area contributed by atoms with Gasteiger partial charge >= 0.3 is 0 Å². The van der Waals surface area contributed by atoms with E-state index in [1.54, 1.807) is 0 Å². The average molecular weight is 187 g/mol. The zero-order valence-electron chi connectivity index (χ0n) is 9.19.